The summed E-state index contributed by atoms with van der Waals surface area (Å²) in [5, 5.41) is 0. The van der Waals surface area contributed by atoms with E-state index in [4.69, 9.17) is 11.6 Å². The van der Waals surface area contributed by atoms with Crippen LogP contribution < -0.4 is 0 Å². The minimum Gasteiger partial charge on any atom is -0.290 e. The molecule has 0 rings (SSSR count). The second-order valence-corrected chi connectivity index (χ2v) is 4.32. The summed E-state index contributed by atoms with van der Waals surface area (Å²) >= 11 is 5.77. The van der Waals surface area contributed by atoms with Gasteiger partial charge in [-0.3, -0.25) is 4.99 Å². The monoisotopic (exact) mass is 175 g/mol. The lowest BCUT2D eigenvalue weighted by molar-refractivity contribution is 0.580. The van der Waals surface area contributed by atoms with Crippen LogP contribution in [0.4, 0.5) is 0 Å². The van der Waals surface area contributed by atoms with Crippen LogP contribution in [0.1, 0.15) is 34.6 Å². The first-order valence-corrected chi connectivity index (χ1v) is 4.54. The zero-order chi connectivity index (χ0) is 9.07. The maximum absolute atomic E-state index is 5.77. The van der Waals surface area contributed by atoms with Gasteiger partial charge in [-0.25, -0.2) is 0 Å². The first kappa shape index (κ1) is 11.0. The van der Waals surface area contributed by atoms with Crippen molar-refractivity contribution < 1.29 is 0 Å². The Kier molecular flexibility index (Phi) is 4.09. The van der Waals surface area contributed by atoms with Gasteiger partial charge in [0.25, 0.3) is 0 Å². The highest BCUT2D eigenvalue weighted by molar-refractivity contribution is 6.29. The maximum Gasteiger partial charge on any atom is 0.0609 e. The summed E-state index contributed by atoms with van der Waals surface area (Å²) in [6.45, 7) is 10.5. The van der Waals surface area contributed by atoms with Crippen molar-refractivity contribution in [2.24, 2.45) is 10.4 Å². The molecule has 0 atom stereocenters. The number of aliphatic imine (C=N–C) groups is 1. The van der Waals surface area contributed by atoms with Crippen molar-refractivity contribution >= 4 is 17.3 Å². The number of alkyl halides is 1. The van der Waals surface area contributed by atoms with Crippen LogP contribution in [0.5, 0.6) is 0 Å². The van der Waals surface area contributed by atoms with Crippen LogP contribution in [0.2, 0.25) is 0 Å². The third-order valence-corrected chi connectivity index (χ3v) is 1.66. The fraction of sp³-hybridized carbons (Fsp3) is 0.889. The molecular weight excluding hydrogens is 158 g/mol. The fourth-order valence-electron chi connectivity index (χ4n) is 0.740. The molecule has 0 aromatic carbocycles. The van der Waals surface area contributed by atoms with Gasteiger partial charge in [-0.1, -0.05) is 20.8 Å². The highest BCUT2D eigenvalue weighted by Crippen LogP contribution is 2.17. The van der Waals surface area contributed by atoms with E-state index in [2.05, 4.69) is 39.6 Å². The van der Waals surface area contributed by atoms with Crippen LogP contribution >= 0.6 is 11.6 Å². The lowest BCUT2D eigenvalue weighted by Crippen LogP contribution is -2.23. The number of hydrogen-bond donors (Lipinski definition) is 0. The van der Waals surface area contributed by atoms with Gasteiger partial charge in [0.2, 0.25) is 0 Å². The standard InChI is InChI=1S/C9H18ClN/c1-7(2)11-8(6-10)9(3,4)5/h7H,6H2,1-5H3. The Morgan fingerprint density at radius 3 is 1.91 bits per heavy atom. The van der Waals surface area contributed by atoms with E-state index in [0.29, 0.717) is 11.9 Å². The molecule has 1 nitrogen and oxygen atoms in total. The van der Waals surface area contributed by atoms with E-state index in [0.717, 1.165) is 5.71 Å². The smallest absolute Gasteiger partial charge is 0.0609 e. The summed E-state index contributed by atoms with van der Waals surface area (Å²) in [5.74, 6) is 0.543. The van der Waals surface area contributed by atoms with Crippen LogP contribution in [0.3, 0.4) is 0 Å². The van der Waals surface area contributed by atoms with Crippen LogP contribution in [-0.2, 0) is 0 Å². The van der Waals surface area contributed by atoms with E-state index in [1.54, 1.807) is 0 Å². The SMILES string of the molecule is CC(C)N=C(CCl)C(C)(C)C. The second kappa shape index (κ2) is 4.10. The molecular formula is C9H18ClN. The average Bonchev–Trinajstić information content (AvgIpc) is 1.79. The van der Waals surface area contributed by atoms with Crippen LogP contribution in [0, 0.1) is 5.41 Å². The molecule has 0 unspecified atom stereocenters. The van der Waals surface area contributed by atoms with Gasteiger partial charge in [0, 0.05) is 17.2 Å². The molecule has 66 valence electrons. The third-order valence-electron chi connectivity index (χ3n) is 1.41. The van der Waals surface area contributed by atoms with Gasteiger partial charge in [0.05, 0.1) is 5.88 Å². The normalized spacial score (nSPS) is 14.3. The summed E-state index contributed by atoms with van der Waals surface area (Å²) in [6.07, 6.45) is 0. The van der Waals surface area contributed by atoms with E-state index in [9.17, 15) is 0 Å². The molecule has 0 amide bonds. The summed E-state index contributed by atoms with van der Waals surface area (Å²) in [4.78, 5) is 4.45. The van der Waals surface area contributed by atoms with Crippen molar-refractivity contribution in [2.75, 3.05) is 5.88 Å². The molecule has 0 bridgehead atoms. The van der Waals surface area contributed by atoms with Crippen LogP contribution in [0.25, 0.3) is 0 Å². The van der Waals surface area contributed by atoms with E-state index in [1.165, 1.54) is 0 Å². The quantitative estimate of drug-likeness (QED) is 0.452. The first-order chi connectivity index (χ1) is 4.88. The molecule has 0 aromatic heterocycles. The number of hydrogen-bond acceptors (Lipinski definition) is 1. The molecule has 0 saturated carbocycles. The maximum atomic E-state index is 5.77. The Labute approximate surface area is 74.9 Å². The number of rotatable bonds is 2. The molecule has 0 N–H and O–H groups in total. The first-order valence-electron chi connectivity index (χ1n) is 4.01. The summed E-state index contributed by atoms with van der Waals surface area (Å²) < 4.78 is 0. The largest absolute Gasteiger partial charge is 0.290 e. The average molecular weight is 176 g/mol. The molecule has 2 heteroatoms. The van der Waals surface area contributed by atoms with Gasteiger partial charge in [-0.05, 0) is 13.8 Å². The van der Waals surface area contributed by atoms with E-state index in [1.807, 2.05) is 0 Å². The Hall–Kier alpha value is -0.0400. The molecule has 0 saturated heterocycles. The summed E-state index contributed by atoms with van der Waals surface area (Å²) in [7, 11) is 0. The van der Waals surface area contributed by atoms with Crippen molar-refractivity contribution in [1.82, 2.24) is 0 Å². The Morgan fingerprint density at radius 2 is 1.82 bits per heavy atom. The Bertz CT molecular complexity index is 142. The molecule has 0 spiro atoms. The van der Waals surface area contributed by atoms with Crippen LogP contribution in [0.15, 0.2) is 4.99 Å². The second-order valence-electron chi connectivity index (χ2n) is 4.05. The lowest BCUT2D eigenvalue weighted by atomic mass is 9.91. The Morgan fingerprint density at radius 1 is 1.36 bits per heavy atom. The topological polar surface area (TPSA) is 12.4 Å². The highest BCUT2D eigenvalue weighted by Gasteiger charge is 2.17. The van der Waals surface area contributed by atoms with Gasteiger partial charge in [-0.15, -0.1) is 11.6 Å². The predicted octanol–water partition coefficient (Wildman–Crippen LogP) is 3.12. The number of nitrogens with zero attached hydrogens (tertiary/aromatic N) is 1. The molecule has 11 heavy (non-hydrogen) atoms. The number of halogens is 1. The molecule has 0 radical (unpaired) electrons. The fourth-order valence-corrected chi connectivity index (χ4v) is 1.21. The van der Waals surface area contributed by atoms with Crippen LogP contribution in [-0.4, -0.2) is 17.6 Å². The van der Waals surface area contributed by atoms with Crippen molar-refractivity contribution in [1.29, 1.82) is 0 Å². The molecule has 0 aromatic rings. The van der Waals surface area contributed by atoms with Gasteiger partial charge in [0.15, 0.2) is 0 Å². The van der Waals surface area contributed by atoms with Crippen molar-refractivity contribution in [3.8, 4) is 0 Å². The van der Waals surface area contributed by atoms with E-state index < -0.39 is 0 Å². The molecule has 0 aliphatic carbocycles. The van der Waals surface area contributed by atoms with Gasteiger partial charge < -0.3 is 0 Å². The van der Waals surface area contributed by atoms with Gasteiger partial charge in [0.1, 0.15) is 0 Å². The summed E-state index contributed by atoms with van der Waals surface area (Å²) in [6, 6.07) is 0.350. The van der Waals surface area contributed by atoms with Gasteiger partial charge in [-0.2, -0.15) is 0 Å². The van der Waals surface area contributed by atoms with Gasteiger partial charge >= 0.3 is 0 Å². The Balaban J connectivity index is 4.41. The molecule has 0 aliphatic heterocycles. The van der Waals surface area contributed by atoms with Crippen molar-refractivity contribution in [3.63, 3.8) is 0 Å². The minimum absolute atomic E-state index is 0.117. The van der Waals surface area contributed by atoms with E-state index in [-0.39, 0.29) is 5.41 Å². The predicted molar refractivity (Wildman–Crippen MR) is 52.7 cm³/mol. The van der Waals surface area contributed by atoms with Crippen molar-refractivity contribution in [2.45, 2.75) is 40.7 Å². The highest BCUT2D eigenvalue weighted by atomic mass is 35.5. The summed E-state index contributed by atoms with van der Waals surface area (Å²) in [5.41, 5.74) is 1.21. The third kappa shape index (κ3) is 4.41. The lowest BCUT2D eigenvalue weighted by Gasteiger charge is -2.20. The van der Waals surface area contributed by atoms with Crippen molar-refractivity contribution in [3.05, 3.63) is 0 Å². The zero-order valence-corrected chi connectivity index (χ0v) is 8.87. The molecule has 0 heterocycles. The zero-order valence-electron chi connectivity index (χ0n) is 8.11. The minimum atomic E-state index is 0.117. The molecule has 0 aliphatic rings. The molecule has 0 fully saturated rings. The van der Waals surface area contributed by atoms with E-state index >= 15 is 0 Å².